The zero-order valence-corrected chi connectivity index (χ0v) is 11.3. The van der Waals surface area contributed by atoms with Gasteiger partial charge in [-0.25, -0.2) is 13.1 Å². The second-order valence-corrected chi connectivity index (χ2v) is 5.69. The quantitative estimate of drug-likeness (QED) is 0.583. The second-order valence-electron chi connectivity index (χ2n) is 3.93. The number of fused-ring (bicyclic) bond motifs is 1. The standard InChI is InChI=1S/C11H16N2O5S/c1-16-3-2-13-19(14,15)8-6-9(12)11-10(7-8)17-4-5-18-11/h6-7,13H,2-5,12H2,1H3. The van der Waals surface area contributed by atoms with Gasteiger partial charge < -0.3 is 19.9 Å². The van der Waals surface area contributed by atoms with Gasteiger partial charge in [0.15, 0.2) is 11.5 Å². The highest BCUT2D eigenvalue weighted by atomic mass is 32.2. The highest BCUT2D eigenvalue weighted by Gasteiger charge is 2.21. The number of methoxy groups -OCH3 is 1. The van der Waals surface area contributed by atoms with E-state index in [2.05, 4.69) is 4.72 Å². The molecule has 0 aliphatic carbocycles. The summed E-state index contributed by atoms with van der Waals surface area (Å²) in [5.74, 6) is 0.737. The van der Waals surface area contributed by atoms with Crippen LogP contribution in [0.5, 0.6) is 11.5 Å². The Morgan fingerprint density at radius 2 is 2.11 bits per heavy atom. The third-order valence-corrected chi connectivity index (χ3v) is 3.99. The molecule has 2 rings (SSSR count). The van der Waals surface area contributed by atoms with Crippen LogP contribution in [0.2, 0.25) is 0 Å². The molecule has 0 bridgehead atoms. The van der Waals surface area contributed by atoms with E-state index in [0.29, 0.717) is 31.3 Å². The Balaban J connectivity index is 2.27. The minimum absolute atomic E-state index is 0.0466. The molecule has 1 aliphatic rings. The van der Waals surface area contributed by atoms with Crippen LogP contribution in [-0.2, 0) is 14.8 Å². The summed E-state index contributed by atoms with van der Waals surface area (Å²) in [5, 5.41) is 0. The largest absolute Gasteiger partial charge is 0.486 e. The maximum atomic E-state index is 12.0. The van der Waals surface area contributed by atoms with Gasteiger partial charge in [0.2, 0.25) is 10.0 Å². The van der Waals surface area contributed by atoms with Gasteiger partial charge in [0.25, 0.3) is 0 Å². The minimum atomic E-state index is -3.63. The van der Waals surface area contributed by atoms with E-state index in [1.807, 2.05) is 0 Å². The van der Waals surface area contributed by atoms with Gasteiger partial charge >= 0.3 is 0 Å². The lowest BCUT2D eigenvalue weighted by molar-refractivity contribution is 0.172. The molecule has 0 saturated carbocycles. The van der Waals surface area contributed by atoms with Crippen LogP contribution in [0.15, 0.2) is 17.0 Å². The highest BCUT2D eigenvalue weighted by Crippen LogP contribution is 2.38. The summed E-state index contributed by atoms with van der Waals surface area (Å²) in [4.78, 5) is 0.0466. The SMILES string of the molecule is COCCNS(=O)(=O)c1cc(N)c2c(c1)OCCO2. The van der Waals surface area contributed by atoms with Crippen LogP contribution in [-0.4, -0.2) is 41.9 Å². The molecule has 0 saturated heterocycles. The topological polar surface area (TPSA) is 99.9 Å². The third kappa shape index (κ3) is 3.09. The maximum Gasteiger partial charge on any atom is 0.240 e. The Kier molecular flexibility index (Phi) is 4.13. The first-order chi connectivity index (χ1) is 9.04. The lowest BCUT2D eigenvalue weighted by atomic mass is 10.2. The molecule has 1 heterocycles. The molecule has 106 valence electrons. The summed E-state index contributed by atoms with van der Waals surface area (Å²) in [5.41, 5.74) is 6.01. The fourth-order valence-corrected chi connectivity index (χ4v) is 2.73. The van der Waals surface area contributed by atoms with Gasteiger partial charge in [0.1, 0.15) is 13.2 Å². The first-order valence-corrected chi connectivity index (χ1v) is 7.20. The molecule has 0 unspecified atom stereocenters. The number of hydrogen-bond donors (Lipinski definition) is 2. The molecule has 1 aromatic carbocycles. The van der Waals surface area contributed by atoms with Crippen molar-refractivity contribution in [3.05, 3.63) is 12.1 Å². The lowest BCUT2D eigenvalue weighted by Crippen LogP contribution is -2.27. The van der Waals surface area contributed by atoms with Crippen LogP contribution < -0.4 is 19.9 Å². The van der Waals surface area contributed by atoms with E-state index in [4.69, 9.17) is 19.9 Å². The number of hydrogen-bond acceptors (Lipinski definition) is 6. The predicted octanol–water partition coefficient (Wildman–Crippen LogP) is -0.0353. The van der Waals surface area contributed by atoms with Gasteiger partial charge in [-0.05, 0) is 6.07 Å². The lowest BCUT2D eigenvalue weighted by Gasteiger charge is -2.20. The van der Waals surface area contributed by atoms with Gasteiger partial charge in [0, 0.05) is 19.7 Å². The maximum absolute atomic E-state index is 12.0. The fourth-order valence-electron chi connectivity index (χ4n) is 1.67. The van der Waals surface area contributed by atoms with Crippen LogP contribution in [0, 0.1) is 0 Å². The van der Waals surface area contributed by atoms with E-state index < -0.39 is 10.0 Å². The smallest absolute Gasteiger partial charge is 0.240 e. The Bertz CT molecular complexity index is 558. The number of nitrogens with two attached hydrogens (primary N) is 1. The summed E-state index contributed by atoms with van der Waals surface area (Å²) >= 11 is 0. The zero-order chi connectivity index (χ0) is 13.9. The summed E-state index contributed by atoms with van der Waals surface area (Å²) < 4.78 is 41.9. The molecule has 3 N–H and O–H groups in total. The molecule has 0 aromatic heterocycles. The summed E-state index contributed by atoms with van der Waals surface area (Å²) in [6, 6.07) is 2.75. The highest BCUT2D eigenvalue weighted by molar-refractivity contribution is 7.89. The third-order valence-electron chi connectivity index (χ3n) is 2.55. The fraction of sp³-hybridized carbons (Fsp3) is 0.455. The predicted molar refractivity (Wildman–Crippen MR) is 68.9 cm³/mol. The van der Waals surface area contributed by atoms with E-state index in [1.165, 1.54) is 19.2 Å². The van der Waals surface area contributed by atoms with Crippen molar-refractivity contribution >= 4 is 15.7 Å². The molecule has 0 fully saturated rings. The van der Waals surface area contributed by atoms with Crippen LogP contribution in [0.1, 0.15) is 0 Å². The molecule has 7 nitrogen and oxygen atoms in total. The van der Waals surface area contributed by atoms with Crippen LogP contribution >= 0.6 is 0 Å². The normalized spacial score (nSPS) is 14.4. The van der Waals surface area contributed by atoms with Gasteiger partial charge in [-0.2, -0.15) is 0 Å². The molecule has 0 amide bonds. The van der Waals surface area contributed by atoms with E-state index >= 15 is 0 Å². The number of sulfonamides is 1. The van der Waals surface area contributed by atoms with Crippen LogP contribution in [0.25, 0.3) is 0 Å². The van der Waals surface area contributed by atoms with Crippen molar-refractivity contribution in [1.82, 2.24) is 4.72 Å². The van der Waals surface area contributed by atoms with Crippen molar-refractivity contribution < 1.29 is 22.6 Å². The van der Waals surface area contributed by atoms with E-state index in [0.717, 1.165) is 0 Å². The van der Waals surface area contributed by atoms with Gasteiger partial charge in [-0.3, -0.25) is 0 Å². The molecule has 0 spiro atoms. The first kappa shape index (κ1) is 13.9. The average Bonchev–Trinajstić information content (AvgIpc) is 2.39. The molecular formula is C11H16N2O5S. The molecular weight excluding hydrogens is 272 g/mol. The van der Waals surface area contributed by atoms with Crippen molar-refractivity contribution in [3.8, 4) is 11.5 Å². The van der Waals surface area contributed by atoms with Gasteiger partial charge in [-0.1, -0.05) is 0 Å². The number of nitrogens with one attached hydrogen (secondary N) is 1. The Morgan fingerprint density at radius 1 is 1.37 bits per heavy atom. The van der Waals surface area contributed by atoms with Crippen LogP contribution in [0.4, 0.5) is 5.69 Å². The van der Waals surface area contributed by atoms with E-state index in [9.17, 15) is 8.42 Å². The second kappa shape index (κ2) is 5.64. The van der Waals surface area contributed by atoms with Crippen molar-refractivity contribution in [3.63, 3.8) is 0 Å². The first-order valence-electron chi connectivity index (χ1n) is 5.72. The Labute approximate surface area is 111 Å². The summed E-state index contributed by atoms with van der Waals surface area (Å²) in [6.07, 6.45) is 0. The number of benzene rings is 1. The van der Waals surface area contributed by atoms with Crippen molar-refractivity contribution in [2.45, 2.75) is 4.90 Å². The van der Waals surface area contributed by atoms with Crippen molar-refractivity contribution in [2.75, 3.05) is 39.2 Å². The number of rotatable bonds is 5. The minimum Gasteiger partial charge on any atom is -0.486 e. The monoisotopic (exact) mass is 288 g/mol. The molecule has 1 aliphatic heterocycles. The number of anilines is 1. The van der Waals surface area contributed by atoms with E-state index in [-0.39, 0.29) is 17.1 Å². The van der Waals surface area contributed by atoms with Gasteiger partial charge in [-0.15, -0.1) is 0 Å². The molecule has 8 heteroatoms. The molecule has 19 heavy (non-hydrogen) atoms. The van der Waals surface area contributed by atoms with Crippen LogP contribution in [0.3, 0.4) is 0 Å². The van der Waals surface area contributed by atoms with E-state index in [1.54, 1.807) is 0 Å². The Hall–Kier alpha value is -1.51. The molecule has 0 atom stereocenters. The van der Waals surface area contributed by atoms with Crippen molar-refractivity contribution in [2.24, 2.45) is 0 Å². The summed E-state index contributed by atoms with van der Waals surface area (Å²) in [6.45, 7) is 1.24. The summed E-state index contributed by atoms with van der Waals surface area (Å²) in [7, 11) is -2.14. The van der Waals surface area contributed by atoms with Crippen molar-refractivity contribution in [1.29, 1.82) is 0 Å². The molecule has 1 aromatic rings. The molecule has 0 radical (unpaired) electrons. The number of nitrogen functional groups attached to an aromatic ring is 1. The Morgan fingerprint density at radius 3 is 2.84 bits per heavy atom. The zero-order valence-electron chi connectivity index (χ0n) is 10.5. The average molecular weight is 288 g/mol. The number of ether oxygens (including phenoxy) is 3. The van der Waals surface area contributed by atoms with Gasteiger partial charge in [0.05, 0.1) is 17.2 Å².